The SMILES string of the molecule is O=C(/C=C1\CC2(CCOCC2)Oc2cc(C(F)(F)F)ccc21)Nc1cccc2c1OCC(=O)N2. The average molecular weight is 474 g/mol. The van der Waals surface area contributed by atoms with Gasteiger partial charge in [-0.3, -0.25) is 9.59 Å². The number of hydrogen-bond donors (Lipinski definition) is 2. The van der Waals surface area contributed by atoms with Crippen LogP contribution in [0.2, 0.25) is 0 Å². The van der Waals surface area contributed by atoms with E-state index in [0.29, 0.717) is 60.7 Å². The van der Waals surface area contributed by atoms with Crippen molar-refractivity contribution in [2.45, 2.75) is 31.0 Å². The second-order valence-electron chi connectivity index (χ2n) is 8.46. The minimum absolute atomic E-state index is 0.102. The Morgan fingerprint density at radius 2 is 1.94 bits per heavy atom. The Labute approximate surface area is 192 Å². The normalized spacial score (nSPS) is 20.0. The quantitative estimate of drug-likeness (QED) is 0.631. The van der Waals surface area contributed by atoms with Crippen molar-refractivity contribution in [1.29, 1.82) is 0 Å². The molecule has 0 atom stereocenters. The third kappa shape index (κ3) is 4.33. The van der Waals surface area contributed by atoms with Gasteiger partial charge in [-0.25, -0.2) is 0 Å². The minimum Gasteiger partial charge on any atom is -0.486 e. The van der Waals surface area contributed by atoms with Crippen LogP contribution in [-0.4, -0.2) is 37.2 Å². The molecule has 178 valence electrons. The number of hydrogen-bond acceptors (Lipinski definition) is 5. The predicted molar refractivity (Wildman–Crippen MR) is 117 cm³/mol. The zero-order chi connectivity index (χ0) is 23.9. The van der Waals surface area contributed by atoms with Gasteiger partial charge in [0.05, 0.1) is 30.2 Å². The summed E-state index contributed by atoms with van der Waals surface area (Å²) in [4.78, 5) is 24.5. The van der Waals surface area contributed by atoms with Gasteiger partial charge in [0.25, 0.3) is 5.91 Å². The van der Waals surface area contributed by atoms with E-state index in [-0.39, 0.29) is 18.3 Å². The van der Waals surface area contributed by atoms with E-state index in [0.717, 1.165) is 12.1 Å². The fraction of sp³-hybridized carbons (Fsp3) is 0.333. The molecule has 5 rings (SSSR count). The smallest absolute Gasteiger partial charge is 0.416 e. The van der Waals surface area contributed by atoms with E-state index >= 15 is 0 Å². The van der Waals surface area contributed by atoms with Gasteiger partial charge in [0.1, 0.15) is 11.4 Å². The molecule has 3 aliphatic rings. The first-order valence-corrected chi connectivity index (χ1v) is 10.8. The lowest BCUT2D eigenvalue weighted by molar-refractivity contribution is -0.138. The molecular formula is C24H21F3N2O5. The van der Waals surface area contributed by atoms with E-state index < -0.39 is 23.2 Å². The molecule has 10 heteroatoms. The molecule has 1 fully saturated rings. The summed E-state index contributed by atoms with van der Waals surface area (Å²) in [5, 5.41) is 5.43. The lowest BCUT2D eigenvalue weighted by atomic mass is 9.81. The molecule has 0 saturated carbocycles. The molecule has 0 bridgehead atoms. The van der Waals surface area contributed by atoms with Crippen LogP contribution in [0.5, 0.6) is 11.5 Å². The molecule has 1 spiro atoms. The Hall–Kier alpha value is -3.53. The van der Waals surface area contributed by atoms with E-state index in [1.165, 1.54) is 12.1 Å². The molecule has 2 N–H and O–H groups in total. The summed E-state index contributed by atoms with van der Waals surface area (Å²) in [6, 6.07) is 8.27. The molecule has 2 aromatic carbocycles. The minimum atomic E-state index is -4.51. The molecule has 0 aliphatic carbocycles. The van der Waals surface area contributed by atoms with Crippen molar-refractivity contribution in [2.75, 3.05) is 30.5 Å². The Balaban J connectivity index is 1.47. The Kier molecular flexibility index (Phi) is 5.47. The number of halogens is 3. The number of anilines is 2. The van der Waals surface area contributed by atoms with Gasteiger partial charge in [-0.2, -0.15) is 13.2 Å². The number of benzene rings is 2. The number of alkyl halides is 3. The van der Waals surface area contributed by atoms with Gasteiger partial charge in [-0.15, -0.1) is 0 Å². The topological polar surface area (TPSA) is 85.9 Å². The predicted octanol–water partition coefficient (Wildman–Crippen LogP) is 4.39. The summed E-state index contributed by atoms with van der Waals surface area (Å²) in [5.41, 5.74) is 0.293. The van der Waals surface area contributed by atoms with Crippen molar-refractivity contribution in [1.82, 2.24) is 0 Å². The van der Waals surface area contributed by atoms with Gasteiger partial charge in [0.15, 0.2) is 12.4 Å². The maximum atomic E-state index is 13.3. The van der Waals surface area contributed by atoms with Crippen LogP contribution in [0, 0.1) is 0 Å². The van der Waals surface area contributed by atoms with E-state index in [9.17, 15) is 22.8 Å². The highest BCUT2D eigenvalue weighted by Crippen LogP contribution is 2.46. The van der Waals surface area contributed by atoms with Crippen LogP contribution in [0.1, 0.15) is 30.4 Å². The highest BCUT2D eigenvalue weighted by atomic mass is 19.4. The number of carbonyl (C=O) groups is 2. The van der Waals surface area contributed by atoms with Crippen molar-refractivity contribution >= 4 is 28.8 Å². The molecule has 0 unspecified atom stereocenters. The highest BCUT2D eigenvalue weighted by molar-refractivity contribution is 6.07. The fourth-order valence-electron chi connectivity index (χ4n) is 4.45. The molecule has 0 aromatic heterocycles. The van der Waals surface area contributed by atoms with E-state index in [1.54, 1.807) is 18.2 Å². The van der Waals surface area contributed by atoms with Crippen molar-refractivity contribution < 1.29 is 37.0 Å². The summed E-state index contributed by atoms with van der Waals surface area (Å²) in [7, 11) is 0. The molecule has 2 aromatic rings. The number of para-hydroxylation sites is 1. The maximum absolute atomic E-state index is 13.3. The first-order chi connectivity index (χ1) is 16.2. The lowest BCUT2D eigenvalue weighted by Gasteiger charge is -2.42. The number of ether oxygens (including phenoxy) is 3. The van der Waals surface area contributed by atoms with Crippen LogP contribution >= 0.6 is 0 Å². The summed E-state index contributed by atoms with van der Waals surface area (Å²) in [5.74, 6) is -0.321. The average Bonchev–Trinajstić information content (AvgIpc) is 2.78. The number of amides is 2. The van der Waals surface area contributed by atoms with Crippen LogP contribution in [0.3, 0.4) is 0 Å². The molecule has 1 saturated heterocycles. The molecule has 3 heterocycles. The number of fused-ring (bicyclic) bond motifs is 2. The van der Waals surface area contributed by atoms with Crippen LogP contribution in [-0.2, 0) is 20.5 Å². The molecule has 7 nitrogen and oxygen atoms in total. The van der Waals surface area contributed by atoms with Crippen molar-refractivity contribution in [2.24, 2.45) is 0 Å². The largest absolute Gasteiger partial charge is 0.486 e. The van der Waals surface area contributed by atoms with Crippen LogP contribution < -0.4 is 20.1 Å². The van der Waals surface area contributed by atoms with Gasteiger partial charge in [-0.1, -0.05) is 12.1 Å². The lowest BCUT2D eigenvalue weighted by Crippen LogP contribution is -2.44. The molecule has 0 radical (unpaired) electrons. The van der Waals surface area contributed by atoms with Crippen molar-refractivity contribution in [3.8, 4) is 11.5 Å². The molecular weight excluding hydrogens is 453 g/mol. The Morgan fingerprint density at radius 3 is 2.71 bits per heavy atom. The van der Waals surface area contributed by atoms with Gasteiger partial charge in [0, 0.05) is 30.9 Å². The number of carbonyl (C=O) groups excluding carboxylic acids is 2. The first-order valence-electron chi connectivity index (χ1n) is 10.8. The Morgan fingerprint density at radius 1 is 1.15 bits per heavy atom. The zero-order valence-electron chi connectivity index (χ0n) is 18.0. The maximum Gasteiger partial charge on any atom is 0.416 e. The number of rotatable bonds is 2. The van der Waals surface area contributed by atoms with Gasteiger partial charge in [-0.05, 0) is 29.8 Å². The second-order valence-corrected chi connectivity index (χ2v) is 8.46. The highest BCUT2D eigenvalue weighted by Gasteiger charge is 2.41. The number of nitrogens with one attached hydrogen (secondary N) is 2. The standard InChI is InChI=1S/C24H21F3N2O5/c25-24(26,27)15-4-5-16-14(12-23(34-19(16)11-15)6-8-32-9-7-23)10-20(30)28-17-2-1-3-18-22(17)33-13-21(31)29-18/h1-5,10-11H,6-9,12-13H2,(H,28,30)(H,29,31)/b14-10+. The van der Waals surface area contributed by atoms with Crippen LogP contribution in [0.15, 0.2) is 42.5 Å². The summed E-state index contributed by atoms with van der Waals surface area (Å²) < 4.78 is 56.9. The third-order valence-corrected chi connectivity index (χ3v) is 6.10. The van der Waals surface area contributed by atoms with Crippen molar-refractivity contribution in [3.63, 3.8) is 0 Å². The van der Waals surface area contributed by atoms with Crippen LogP contribution in [0.25, 0.3) is 5.57 Å². The third-order valence-electron chi connectivity index (χ3n) is 6.10. The molecule has 34 heavy (non-hydrogen) atoms. The van der Waals surface area contributed by atoms with E-state index in [4.69, 9.17) is 14.2 Å². The molecule has 3 aliphatic heterocycles. The van der Waals surface area contributed by atoms with Gasteiger partial charge < -0.3 is 24.8 Å². The van der Waals surface area contributed by atoms with Gasteiger partial charge in [0.2, 0.25) is 5.91 Å². The second kappa shape index (κ2) is 8.35. The summed E-state index contributed by atoms with van der Waals surface area (Å²) in [6.45, 7) is 0.678. The Bertz CT molecular complexity index is 1190. The van der Waals surface area contributed by atoms with Gasteiger partial charge >= 0.3 is 6.18 Å². The zero-order valence-corrected chi connectivity index (χ0v) is 18.0. The fourth-order valence-corrected chi connectivity index (χ4v) is 4.45. The van der Waals surface area contributed by atoms with E-state index in [1.807, 2.05) is 0 Å². The summed E-state index contributed by atoms with van der Waals surface area (Å²) in [6.07, 6.45) is -1.77. The van der Waals surface area contributed by atoms with E-state index in [2.05, 4.69) is 10.6 Å². The first kappa shape index (κ1) is 22.3. The molecule has 2 amide bonds. The van der Waals surface area contributed by atoms with Crippen LogP contribution in [0.4, 0.5) is 24.5 Å². The van der Waals surface area contributed by atoms with Crippen molar-refractivity contribution in [3.05, 3.63) is 53.6 Å². The monoisotopic (exact) mass is 474 g/mol. The summed E-state index contributed by atoms with van der Waals surface area (Å²) >= 11 is 0.